The first-order valence-corrected chi connectivity index (χ1v) is 49.0. The van der Waals surface area contributed by atoms with Gasteiger partial charge in [-0.25, -0.2) is 0 Å². The number of carbonyl (C=O) groups is 6. The normalized spacial score (nSPS) is 13.4. The number of hydrogen-bond acceptors (Lipinski definition) is 10. The Balaban J connectivity index is 7.16. The van der Waals surface area contributed by atoms with Crippen LogP contribution in [0.1, 0.15) is 468 Å². The molecule has 6 N–H and O–H groups in total. The van der Waals surface area contributed by atoms with Gasteiger partial charge in [-0.2, -0.15) is 0 Å². The van der Waals surface area contributed by atoms with Crippen molar-refractivity contribution >= 4 is 35.4 Å². The highest BCUT2D eigenvalue weighted by atomic mass is 16.2. The third-order valence-electron chi connectivity index (χ3n) is 23.5. The van der Waals surface area contributed by atoms with Crippen molar-refractivity contribution in [2.75, 3.05) is 78.5 Å². The van der Waals surface area contributed by atoms with E-state index in [9.17, 15) is 28.8 Å². The highest BCUT2D eigenvalue weighted by molar-refractivity contribution is 5.78. The van der Waals surface area contributed by atoms with Crippen molar-refractivity contribution in [2.24, 2.45) is 0 Å². The van der Waals surface area contributed by atoms with Gasteiger partial charge in [0, 0.05) is 153 Å². The second-order valence-corrected chi connectivity index (χ2v) is 35.3. The molecule has 0 aliphatic heterocycles. The maximum atomic E-state index is 14.1. The Hall–Kier alpha value is -3.34. The van der Waals surface area contributed by atoms with E-state index in [1.54, 1.807) is 0 Å². The van der Waals surface area contributed by atoms with E-state index in [0.29, 0.717) is 117 Å². The highest BCUT2D eigenvalue weighted by Gasteiger charge is 2.22. The van der Waals surface area contributed by atoms with Crippen LogP contribution < -0.4 is 31.9 Å². The average Bonchev–Trinajstić information content (AvgIpc) is 0.918. The van der Waals surface area contributed by atoms with Crippen LogP contribution in [0.4, 0.5) is 0 Å². The minimum Gasteiger partial charge on any atom is -0.354 e. The van der Waals surface area contributed by atoms with Crippen LogP contribution in [0, 0.1) is 0 Å². The summed E-state index contributed by atoms with van der Waals surface area (Å²) in [6, 6.07) is 0.523. The molecule has 0 fully saturated rings. The van der Waals surface area contributed by atoms with Crippen LogP contribution in [0.3, 0.4) is 0 Å². The lowest BCUT2D eigenvalue weighted by Gasteiger charge is -2.32. The molecule has 0 spiro atoms. The molecule has 112 heavy (non-hydrogen) atoms. The Bertz CT molecular complexity index is 1890. The summed E-state index contributed by atoms with van der Waals surface area (Å²) in [4.78, 5) is 92.9. The molecule has 0 heterocycles. The fourth-order valence-corrected chi connectivity index (χ4v) is 15.8. The number of unbranched alkanes of at least 4 members (excludes halogenated alkanes) is 42. The number of rotatable bonds is 87. The molecule has 0 aromatic rings. The number of hydrogen-bond donors (Lipinski definition) is 6. The van der Waals surface area contributed by atoms with Crippen LogP contribution in [0.2, 0.25) is 0 Å². The zero-order chi connectivity index (χ0) is 82.4. The molecule has 0 rings (SSSR count). The summed E-state index contributed by atoms with van der Waals surface area (Å²) in [6.45, 7) is 33.3. The predicted octanol–water partition coefficient (Wildman–Crippen LogP) is 22.7. The zero-order valence-electron chi connectivity index (χ0n) is 76.6. The van der Waals surface area contributed by atoms with Gasteiger partial charge in [0.05, 0.1) is 0 Å². The van der Waals surface area contributed by atoms with Crippen LogP contribution in [0.25, 0.3) is 0 Å². The lowest BCUT2D eigenvalue weighted by molar-refractivity contribution is -0.123. The molecule has 0 aliphatic carbocycles. The van der Waals surface area contributed by atoms with Crippen molar-refractivity contribution in [1.29, 1.82) is 0 Å². The van der Waals surface area contributed by atoms with Crippen LogP contribution in [-0.2, 0) is 28.8 Å². The molecular formula is C96H192N10O6. The fourth-order valence-electron chi connectivity index (χ4n) is 15.8. The van der Waals surface area contributed by atoms with E-state index >= 15 is 0 Å². The first kappa shape index (κ1) is 109. The predicted molar refractivity (Wildman–Crippen MR) is 482 cm³/mol. The highest BCUT2D eigenvalue weighted by Crippen LogP contribution is 2.18. The van der Waals surface area contributed by atoms with Gasteiger partial charge in [0.15, 0.2) is 0 Å². The molecule has 6 amide bonds. The second kappa shape index (κ2) is 81.4. The minimum absolute atomic E-state index is 0.0416. The first-order valence-electron chi connectivity index (χ1n) is 49.0. The lowest BCUT2D eigenvalue weighted by Crippen LogP contribution is -2.45. The van der Waals surface area contributed by atoms with Crippen molar-refractivity contribution in [3.63, 3.8) is 0 Å². The van der Waals surface area contributed by atoms with E-state index in [1.807, 2.05) is 0 Å². The second-order valence-electron chi connectivity index (χ2n) is 35.3. The molecule has 16 nitrogen and oxygen atoms in total. The molecule has 16 heteroatoms. The van der Waals surface area contributed by atoms with Crippen molar-refractivity contribution in [1.82, 2.24) is 51.5 Å². The van der Waals surface area contributed by atoms with Crippen LogP contribution >= 0.6 is 0 Å². The summed E-state index contributed by atoms with van der Waals surface area (Å²) in [5.41, 5.74) is 0. The number of nitrogens with one attached hydrogen (secondary N) is 6. The third kappa shape index (κ3) is 75.4. The Labute approximate surface area is 695 Å². The molecule has 6 unspecified atom stereocenters. The molecule has 0 saturated heterocycles. The van der Waals surface area contributed by atoms with Gasteiger partial charge in [-0.1, -0.05) is 350 Å². The fraction of sp³-hybridized carbons (Fsp3) is 0.938. The molecule has 662 valence electrons. The maximum absolute atomic E-state index is 14.1. The molecule has 0 bridgehead atoms. The Morgan fingerprint density at radius 2 is 0.277 bits per heavy atom. The molecule has 0 aliphatic rings. The quantitative estimate of drug-likeness (QED) is 0.0320. The number of amides is 6. The summed E-state index contributed by atoms with van der Waals surface area (Å²) in [5.74, 6) is 0.264. The monoisotopic (exact) mass is 1580 g/mol. The van der Waals surface area contributed by atoms with Gasteiger partial charge in [0.1, 0.15) is 0 Å². The Morgan fingerprint density at radius 3 is 0.402 bits per heavy atom. The van der Waals surface area contributed by atoms with E-state index in [4.69, 9.17) is 0 Å². The van der Waals surface area contributed by atoms with Gasteiger partial charge in [0.2, 0.25) is 35.4 Å². The minimum atomic E-state index is 0.0416. The largest absolute Gasteiger partial charge is 0.354 e. The standard InChI is InChI=1S/C96H192N10O6/c1-13-19-25-31-37-43-49-55-61-85(7)97-91(107)67-73-103(74-68-92(108)98-86(8)62-56-50-44-38-32-26-20-14-2)79-81-105(77-71-95(111)101-89(11)65-59-53-47-41-35-29-23-17-5)83-84-106(78-72-96(112)102-90(12)66-60-54-48-42-36-30-24-18-6)82-80-104(75-69-93(109)99-87(9)63-57-51-45-39-33-27-21-15-3)76-70-94(110)100-88(10)64-58-52-46-40-34-28-22-16-4/h85-90H,13-84H2,1-12H3,(H,97,107)(H,98,108)(H,99,109)(H,100,110)(H,101,111)(H,102,112). The number of carbonyl (C=O) groups excluding carboxylic acids is 6. The molecule has 0 saturated carbocycles. The Kier molecular flexibility index (Phi) is 79.0. The van der Waals surface area contributed by atoms with Gasteiger partial charge in [0.25, 0.3) is 0 Å². The molecule has 0 aromatic carbocycles. The number of nitrogens with zero attached hydrogens (tertiary/aromatic N) is 4. The van der Waals surface area contributed by atoms with Crippen molar-refractivity contribution in [3.8, 4) is 0 Å². The van der Waals surface area contributed by atoms with E-state index in [0.717, 1.165) is 77.0 Å². The summed E-state index contributed by atoms with van der Waals surface area (Å²) < 4.78 is 0. The average molecular weight is 1580 g/mol. The zero-order valence-corrected chi connectivity index (χ0v) is 76.6. The SMILES string of the molecule is CCCCCCCCCCC(C)NC(=O)CCN(CCC(=O)NC(C)CCCCCCCCCC)CCN(CCC(=O)NC(C)CCCCCCCCCC)CCN(CCC(=O)NC(C)CCCCCCCCCC)CCN(CCC(=O)NC(C)CCCCCCCCCC)CCC(=O)NC(C)CCCCCCCCCC. The lowest BCUT2D eigenvalue weighted by atomic mass is 10.1. The Morgan fingerprint density at radius 1 is 0.170 bits per heavy atom. The van der Waals surface area contributed by atoms with Crippen molar-refractivity contribution in [3.05, 3.63) is 0 Å². The van der Waals surface area contributed by atoms with Gasteiger partial charge in [-0.15, -0.1) is 0 Å². The van der Waals surface area contributed by atoms with Gasteiger partial charge in [-0.05, 0) is 80.1 Å². The van der Waals surface area contributed by atoms with Gasteiger partial charge >= 0.3 is 0 Å². The van der Waals surface area contributed by atoms with E-state index in [1.165, 1.54) is 270 Å². The van der Waals surface area contributed by atoms with Crippen LogP contribution in [0.15, 0.2) is 0 Å². The van der Waals surface area contributed by atoms with Gasteiger partial charge in [-0.3, -0.25) is 28.8 Å². The summed E-state index contributed by atoms with van der Waals surface area (Å²) in [5, 5.41) is 20.0. The van der Waals surface area contributed by atoms with Gasteiger partial charge < -0.3 is 51.5 Å². The summed E-state index contributed by atoms with van der Waals surface area (Å²) in [7, 11) is 0. The van der Waals surface area contributed by atoms with Crippen molar-refractivity contribution in [2.45, 2.75) is 505 Å². The summed E-state index contributed by atoms with van der Waals surface area (Å²) >= 11 is 0. The van der Waals surface area contributed by atoms with E-state index in [-0.39, 0.29) is 71.7 Å². The molecule has 0 radical (unpaired) electrons. The van der Waals surface area contributed by atoms with E-state index in [2.05, 4.69) is 135 Å². The summed E-state index contributed by atoms with van der Waals surface area (Å²) in [6.07, 6.45) is 68.0. The maximum Gasteiger partial charge on any atom is 0.221 e. The smallest absolute Gasteiger partial charge is 0.221 e. The molecule has 6 atom stereocenters. The van der Waals surface area contributed by atoms with Crippen molar-refractivity contribution < 1.29 is 28.8 Å². The molecular weight excluding hydrogens is 1390 g/mol. The third-order valence-corrected chi connectivity index (χ3v) is 23.5. The van der Waals surface area contributed by atoms with Crippen LogP contribution in [-0.4, -0.2) is 170 Å². The van der Waals surface area contributed by atoms with E-state index < -0.39 is 0 Å². The molecule has 0 aromatic heterocycles. The first-order chi connectivity index (χ1) is 54.4. The van der Waals surface area contributed by atoms with Crippen LogP contribution in [0.5, 0.6) is 0 Å². The topological polar surface area (TPSA) is 188 Å².